The molecule has 39 heavy (non-hydrogen) atoms. The zero-order valence-electron chi connectivity index (χ0n) is 22.0. The monoisotopic (exact) mass is 577 g/mol. The number of fused-ring (bicyclic) bond motifs is 3. The molecule has 0 radical (unpaired) electrons. The summed E-state index contributed by atoms with van der Waals surface area (Å²) in [6.07, 6.45) is 3.22. The molecule has 0 unspecified atom stereocenters. The third-order valence-corrected chi connectivity index (χ3v) is 8.25. The van der Waals surface area contributed by atoms with Crippen LogP contribution in [0, 0.1) is 11.3 Å². The zero-order chi connectivity index (χ0) is 28.1. The first-order chi connectivity index (χ1) is 18.5. The van der Waals surface area contributed by atoms with E-state index in [1.165, 1.54) is 6.20 Å². The fraction of sp³-hybridized carbons (Fsp3) is 0.241. The molecule has 198 valence electrons. The SMILES string of the molecule is COc1cc2c(cc1-c1cncc(C#N)c1)-c1c(c(C(=O)N(C)C(C)(C)C)nn1-c1cc(Cl)cc(Cl)c1)SC2. The number of aromatic nitrogens is 3. The summed E-state index contributed by atoms with van der Waals surface area (Å²) < 4.78 is 7.49. The Labute approximate surface area is 241 Å². The van der Waals surface area contributed by atoms with Crippen molar-refractivity contribution in [1.82, 2.24) is 19.7 Å². The Balaban J connectivity index is 1.80. The van der Waals surface area contributed by atoms with Crippen LogP contribution in [0.25, 0.3) is 28.1 Å². The van der Waals surface area contributed by atoms with Gasteiger partial charge >= 0.3 is 0 Å². The van der Waals surface area contributed by atoms with Crippen molar-refractivity contribution in [2.75, 3.05) is 14.2 Å². The summed E-state index contributed by atoms with van der Waals surface area (Å²) in [7, 11) is 3.40. The third kappa shape index (κ3) is 4.98. The molecule has 0 atom stereocenters. The summed E-state index contributed by atoms with van der Waals surface area (Å²) in [5.74, 6) is 1.10. The van der Waals surface area contributed by atoms with E-state index >= 15 is 0 Å². The van der Waals surface area contributed by atoms with E-state index < -0.39 is 5.54 Å². The van der Waals surface area contributed by atoms with Crippen molar-refractivity contribution in [2.45, 2.75) is 37.0 Å². The van der Waals surface area contributed by atoms with E-state index in [-0.39, 0.29) is 5.91 Å². The number of pyridine rings is 1. The van der Waals surface area contributed by atoms with Crippen molar-refractivity contribution in [3.05, 3.63) is 75.7 Å². The van der Waals surface area contributed by atoms with Crippen LogP contribution in [-0.4, -0.2) is 45.3 Å². The van der Waals surface area contributed by atoms with Crippen LogP contribution >= 0.6 is 35.0 Å². The molecule has 1 amide bonds. The molecule has 3 heterocycles. The highest BCUT2D eigenvalue weighted by Gasteiger charge is 2.34. The van der Waals surface area contributed by atoms with E-state index in [0.29, 0.717) is 38.5 Å². The second-order valence-corrected chi connectivity index (χ2v) is 12.0. The molecule has 0 spiro atoms. The molecule has 10 heteroatoms. The van der Waals surface area contributed by atoms with Gasteiger partial charge in [0.2, 0.25) is 0 Å². The minimum Gasteiger partial charge on any atom is -0.496 e. The molecule has 2 aromatic heterocycles. The number of hydrogen-bond donors (Lipinski definition) is 0. The van der Waals surface area contributed by atoms with E-state index in [1.54, 1.807) is 66.0 Å². The van der Waals surface area contributed by atoms with Gasteiger partial charge < -0.3 is 9.64 Å². The molecule has 4 aromatic rings. The molecule has 1 aliphatic heterocycles. The Morgan fingerprint density at radius 2 is 1.82 bits per heavy atom. The molecule has 0 saturated carbocycles. The van der Waals surface area contributed by atoms with Crippen LogP contribution in [0.3, 0.4) is 0 Å². The largest absolute Gasteiger partial charge is 0.496 e. The number of thioether (sulfide) groups is 1. The predicted molar refractivity (Wildman–Crippen MR) is 155 cm³/mol. The highest BCUT2D eigenvalue weighted by atomic mass is 35.5. The zero-order valence-corrected chi connectivity index (χ0v) is 24.4. The smallest absolute Gasteiger partial charge is 0.275 e. The minimum absolute atomic E-state index is 0.179. The first-order valence-electron chi connectivity index (χ1n) is 12.1. The number of benzene rings is 2. The van der Waals surface area contributed by atoms with Crippen molar-refractivity contribution in [2.24, 2.45) is 0 Å². The first kappa shape index (κ1) is 27.1. The van der Waals surface area contributed by atoms with Gasteiger partial charge in [-0.1, -0.05) is 23.2 Å². The number of halogens is 2. The van der Waals surface area contributed by atoms with Crippen molar-refractivity contribution < 1.29 is 9.53 Å². The number of hydrogen-bond acceptors (Lipinski definition) is 6. The molecule has 0 fully saturated rings. The van der Waals surface area contributed by atoms with Gasteiger partial charge in [-0.3, -0.25) is 9.78 Å². The summed E-state index contributed by atoms with van der Waals surface area (Å²) >= 11 is 14.3. The van der Waals surface area contributed by atoms with Crippen molar-refractivity contribution in [3.63, 3.8) is 0 Å². The van der Waals surface area contributed by atoms with E-state index in [9.17, 15) is 10.1 Å². The van der Waals surface area contributed by atoms with Gasteiger partial charge in [-0.05, 0) is 62.7 Å². The van der Waals surface area contributed by atoms with Gasteiger partial charge in [0.25, 0.3) is 5.91 Å². The molecule has 5 rings (SSSR count). The summed E-state index contributed by atoms with van der Waals surface area (Å²) in [4.78, 5) is 20.4. The van der Waals surface area contributed by atoms with Gasteiger partial charge in [0.15, 0.2) is 5.69 Å². The molecule has 0 aliphatic carbocycles. The third-order valence-electron chi connectivity index (χ3n) is 6.68. The molecule has 1 aliphatic rings. The van der Waals surface area contributed by atoms with E-state index in [0.717, 1.165) is 32.8 Å². The normalized spacial score (nSPS) is 12.4. The van der Waals surface area contributed by atoms with Gasteiger partial charge in [-0.15, -0.1) is 11.8 Å². The van der Waals surface area contributed by atoms with Crippen molar-refractivity contribution in [3.8, 4) is 39.9 Å². The predicted octanol–water partition coefficient (Wildman–Crippen LogP) is 7.26. The van der Waals surface area contributed by atoms with Crippen LogP contribution in [0.15, 0.2) is 53.7 Å². The molecular formula is C29H25Cl2N5O2S. The lowest BCUT2D eigenvalue weighted by atomic mass is 9.96. The number of nitrogens with zero attached hydrogens (tertiary/aromatic N) is 5. The quantitative estimate of drug-likeness (QED) is 0.253. The Bertz CT molecular complexity index is 1650. The Hall–Kier alpha value is -3.51. The summed E-state index contributed by atoms with van der Waals surface area (Å²) in [6.45, 7) is 5.94. The Morgan fingerprint density at radius 3 is 2.46 bits per heavy atom. The van der Waals surface area contributed by atoms with Crippen LogP contribution < -0.4 is 4.74 Å². The van der Waals surface area contributed by atoms with Gasteiger partial charge in [0.05, 0.1) is 29.0 Å². The van der Waals surface area contributed by atoms with E-state index in [4.69, 9.17) is 33.0 Å². The maximum atomic E-state index is 13.7. The molecule has 0 N–H and O–H groups in total. The fourth-order valence-corrected chi connectivity index (χ4v) is 6.03. The number of rotatable bonds is 4. The van der Waals surface area contributed by atoms with Crippen LogP contribution in [0.4, 0.5) is 0 Å². The minimum atomic E-state index is -0.399. The summed E-state index contributed by atoms with van der Waals surface area (Å²) in [5.41, 5.74) is 5.24. The molecule has 7 nitrogen and oxygen atoms in total. The topological polar surface area (TPSA) is 84.0 Å². The van der Waals surface area contributed by atoms with Gasteiger partial charge in [-0.2, -0.15) is 10.4 Å². The maximum absolute atomic E-state index is 13.7. The Kier molecular flexibility index (Phi) is 7.10. The van der Waals surface area contributed by atoms with Crippen LogP contribution in [0.1, 0.15) is 42.4 Å². The lowest BCUT2D eigenvalue weighted by Gasteiger charge is -2.31. The highest BCUT2D eigenvalue weighted by molar-refractivity contribution is 7.98. The van der Waals surface area contributed by atoms with Crippen molar-refractivity contribution in [1.29, 1.82) is 5.26 Å². The maximum Gasteiger partial charge on any atom is 0.275 e. The van der Waals surface area contributed by atoms with Gasteiger partial charge in [-0.25, -0.2) is 4.68 Å². The molecule has 0 saturated heterocycles. The molecular weight excluding hydrogens is 553 g/mol. The van der Waals surface area contributed by atoms with Gasteiger partial charge in [0, 0.05) is 57.5 Å². The lowest BCUT2D eigenvalue weighted by molar-refractivity contribution is 0.0645. The molecule has 2 aromatic carbocycles. The average Bonchev–Trinajstić information content (AvgIpc) is 3.30. The first-order valence-corrected chi connectivity index (χ1v) is 13.8. The van der Waals surface area contributed by atoms with Crippen LogP contribution in [0.2, 0.25) is 10.0 Å². The average molecular weight is 579 g/mol. The number of amides is 1. The number of methoxy groups -OCH3 is 1. The second kappa shape index (κ2) is 10.2. The fourth-order valence-electron chi connectivity index (χ4n) is 4.38. The lowest BCUT2D eigenvalue weighted by Crippen LogP contribution is -2.42. The molecule has 0 bridgehead atoms. The summed E-state index contributed by atoms with van der Waals surface area (Å²) in [5, 5.41) is 15.2. The Morgan fingerprint density at radius 1 is 1.10 bits per heavy atom. The van der Waals surface area contributed by atoms with Crippen molar-refractivity contribution >= 4 is 40.9 Å². The van der Waals surface area contributed by atoms with Crippen LogP contribution in [-0.2, 0) is 5.75 Å². The second-order valence-electron chi connectivity index (χ2n) is 10.2. The van der Waals surface area contributed by atoms with Crippen LogP contribution in [0.5, 0.6) is 5.75 Å². The summed E-state index contributed by atoms with van der Waals surface area (Å²) in [6, 6.07) is 13.1. The number of nitriles is 1. The van der Waals surface area contributed by atoms with Gasteiger partial charge in [0.1, 0.15) is 11.8 Å². The standard InChI is InChI=1S/C29H25Cl2N5O2S/c1-29(2,3)35(4)28(37)25-27-26(36(34-25)21-9-19(30)8-20(31)10-21)23-11-22(17-6-16(12-32)13-33-14-17)24(38-5)7-18(23)15-39-27/h6-11,13-14H,15H2,1-5H3. The number of ether oxygens (including phenoxy) is 1. The number of carbonyl (C=O) groups excluding carboxylic acids is 1. The van der Waals surface area contributed by atoms with E-state index in [2.05, 4.69) is 11.1 Å². The highest BCUT2D eigenvalue weighted by Crippen LogP contribution is 2.48. The number of carbonyl (C=O) groups is 1. The van der Waals surface area contributed by atoms with E-state index in [1.807, 2.05) is 32.9 Å².